The fraction of sp³-hybridized carbons (Fsp3) is 0.359. The van der Waals surface area contributed by atoms with Crippen LogP contribution in [0.2, 0.25) is 0 Å². The number of rotatable bonds is 15. The molecule has 2 aromatic heterocycles. The minimum Gasteiger partial charge on any atom is -0.382 e. The Kier molecular flexibility index (Phi) is 11.3. The number of aldehydes is 1. The van der Waals surface area contributed by atoms with Gasteiger partial charge in [0.1, 0.15) is 30.7 Å². The molecule has 5 aromatic rings. The van der Waals surface area contributed by atoms with Crippen molar-refractivity contribution in [1.82, 2.24) is 19.9 Å². The third kappa shape index (κ3) is 8.71. The number of hydrogen-bond acceptors (Lipinski definition) is 7. The van der Waals surface area contributed by atoms with E-state index in [-0.39, 0.29) is 24.3 Å². The van der Waals surface area contributed by atoms with E-state index < -0.39 is 6.04 Å². The van der Waals surface area contributed by atoms with E-state index in [9.17, 15) is 14.4 Å². The Hall–Kier alpha value is -5.13. The van der Waals surface area contributed by atoms with Crippen molar-refractivity contribution < 1.29 is 18.9 Å². The first-order valence-electron chi connectivity index (χ1n) is 17.2. The van der Waals surface area contributed by atoms with Crippen molar-refractivity contribution in [3.05, 3.63) is 94.8 Å². The summed E-state index contributed by atoms with van der Waals surface area (Å²) >= 11 is 0. The third-order valence-corrected chi connectivity index (χ3v) is 8.96. The zero-order valence-electron chi connectivity index (χ0n) is 29.7. The van der Waals surface area contributed by atoms with Gasteiger partial charge in [-0.3, -0.25) is 14.4 Å². The van der Waals surface area contributed by atoms with Crippen LogP contribution in [0.25, 0.3) is 21.9 Å². The maximum Gasteiger partial charge on any atom is 0.243 e. The van der Waals surface area contributed by atoms with Crippen LogP contribution in [0.3, 0.4) is 0 Å². The molecule has 0 aliphatic rings. The van der Waals surface area contributed by atoms with Crippen LogP contribution in [0, 0.1) is 5.92 Å². The Morgan fingerprint density at radius 3 is 2.20 bits per heavy atom. The van der Waals surface area contributed by atoms with E-state index >= 15 is 0 Å². The molecular weight excluding hydrogens is 628 g/mol. The summed E-state index contributed by atoms with van der Waals surface area (Å²) in [6.07, 6.45) is 3.73. The molecule has 6 N–H and O–H groups in total. The first-order chi connectivity index (χ1) is 23.9. The number of benzene rings is 3. The molecule has 50 heavy (non-hydrogen) atoms. The predicted molar refractivity (Wildman–Crippen MR) is 199 cm³/mol. The van der Waals surface area contributed by atoms with Crippen molar-refractivity contribution in [1.29, 1.82) is 0 Å². The topological polar surface area (TPSA) is 158 Å². The highest BCUT2D eigenvalue weighted by Gasteiger charge is 2.21. The number of quaternary nitrogens is 1. The molecule has 0 aliphatic heterocycles. The van der Waals surface area contributed by atoms with Gasteiger partial charge in [0.05, 0.1) is 37.7 Å². The lowest BCUT2D eigenvalue weighted by atomic mass is 10.1. The number of anilines is 2. The van der Waals surface area contributed by atoms with Gasteiger partial charge in [0.2, 0.25) is 11.8 Å². The molecule has 2 amide bonds. The summed E-state index contributed by atoms with van der Waals surface area (Å²) in [6, 6.07) is 21.4. The van der Waals surface area contributed by atoms with Gasteiger partial charge in [0.15, 0.2) is 5.82 Å². The average molecular weight is 678 g/mol. The summed E-state index contributed by atoms with van der Waals surface area (Å²) in [6.45, 7) is 8.04. The maximum atomic E-state index is 12.4. The highest BCUT2D eigenvalue weighted by atomic mass is 16.2. The summed E-state index contributed by atoms with van der Waals surface area (Å²) in [5.41, 5.74) is 19.3. The Labute approximate surface area is 293 Å². The SMILES string of the molecule is CCCCc1nc2c(N)nc3cc(C=O)ccc3c2n1Cc1ccc(C[N+](C)(C)Cc2ccc(NC(=O)CNC(=O)C(N)C(C)C)cc2)cc1. The number of nitrogens with two attached hydrogens (primary N) is 2. The van der Waals surface area contributed by atoms with Crippen LogP contribution in [0.15, 0.2) is 66.7 Å². The number of carbonyl (C=O) groups excluding carboxylic acids is 3. The molecule has 0 bridgehead atoms. The average Bonchev–Trinajstić information content (AvgIpc) is 3.45. The Bertz CT molecular complexity index is 1980. The van der Waals surface area contributed by atoms with Gasteiger partial charge < -0.3 is 31.2 Å². The molecule has 5 rings (SSSR count). The summed E-state index contributed by atoms with van der Waals surface area (Å²) in [7, 11) is 4.40. The smallest absolute Gasteiger partial charge is 0.243 e. The zero-order valence-corrected chi connectivity index (χ0v) is 29.7. The zero-order chi connectivity index (χ0) is 36.0. The first-order valence-corrected chi connectivity index (χ1v) is 17.2. The molecule has 0 saturated carbocycles. The van der Waals surface area contributed by atoms with E-state index in [1.807, 2.05) is 50.2 Å². The number of nitrogens with zero attached hydrogens (tertiary/aromatic N) is 4. The van der Waals surface area contributed by atoms with E-state index in [4.69, 9.17) is 16.5 Å². The fourth-order valence-corrected chi connectivity index (χ4v) is 6.21. The van der Waals surface area contributed by atoms with E-state index in [0.29, 0.717) is 34.6 Å². The number of carbonyl (C=O) groups is 3. The number of amides is 2. The number of fused-ring (bicyclic) bond motifs is 3. The van der Waals surface area contributed by atoms with Crippen LogP contribution < -0.4 is 22.1 Å². The van der Waals surface area contributed by atoms with E-state index in [1.165, 1.54) is 5.56 Å². The van der Waals surface area contributed by atoms with Gasteiger partial charge in [0, 0.05) is 40.7 Å². The van der Waals surface area contributed by atoms with Crippen molar-refractivity contribution in [2.45, 2.75) is 65.7 Å². The van der Waals surface area contributed by atoms with Gasteiger partial charge in [-0.2, -0.15) is 0 Å². The molecule has 2 heterocycles. The van der Waals surface area contributed by atoms with Gasteiger partial charge in [-0.05, 0) is 42.2 Å². The Morgan fingerprint density at radius 1 is 0.940 bits per heavy atom. The lowest BCUT2D eigenvalue weighted by molar-refractivity contribution is -0.916. The number of pyridine rings is 1. The Morgan fingerprint density at radius 2 is 1.58 bits per heavy atom. The molecule has 0 fully saturated rings. The quantitative estimate of drug-likeness (QED) is 0.0878. The van der Waals surface area contributed by atoms with Crippen molar-refractivity contribution in [3.63, 3.8) is 0 Å². The van der Waals surface area contributed by atoms with Crippen LogP contribution in [0.4, 0.5) is 11.5 Å². The van der Waals surface area contributed by atoms with Gasteiger partial charge in [-0.25, -0.2) is 9.97 Å². The number of hydrogen-bond donors (Lipinski definition) is 4. The molecule has 11 nitrogen and oxygen atoms in total. The third-order valence-electron chi connectivity index (χ3n) is 8.96. The van der Waals surface area contributed by atoms with Crippen LogP contribution in [-0.2, 0) is 35.6 Å². The van der Waals surface area contributed by atoms with Gasteiger partial charge >= 0.3 is 0 Å². The first kappa shape index (κ1) is 36.2. The summed E-state index contributed by atoms with van der Waals surface area (Å²) in [5, 5.41) is 6.35. The minimum absolute atomic E-state index is 0.00781. The second-order valence-electron chi connectivity index (χ2n) is 14.1. The Balaban J connectivity index is 1.25. The number of aromatic nitrogens is 3. The van der Waals surface area contributed by atoms with E-state index in [0.717, 1.165) is 71.0 Å². The normalized spacial score (nSPS) is 12.4. The number of nitrogens with one attached hydrogen (secondary N) is 2. The van der Waals surface area contributed by atoms with Crippen molar-refractivity contribution in [2.24, 2.45) is 11.7 Å². The van der Waals surface area contributed by atoms with Crippen molar-refractivity contribution in [3.8, 4) is 0 Å². The summed E-state index contributed by atoms with van der Waals surface area (Å²) in [5.74, 6) is 0.702. The van der Waals surface area contributed by atoms with Crippen LogP contribution in [0.1, 0.15) is 66.5 Å². The molecular formula is C39H49N8O3+. The van der Waals surface area contributed by atoms with Crippen LogP contribution in [-0.4, -0.2) is 63.8 Å². The van der Waals surface area contributed by atoms with Crippen LogP contribution >= 0.6 is 0 Å². The standard InChI is InChI=1S/C39H48N8O3/c1-6-7-8-33-45-36-37(31-18-15-29(24-48)19-32(31)44-38(36)41)46(33)21-26-9-11-27(12-10-26)22-47(4,5)23-28-13-16-30(17-14-28)43-34(49)20-42-39(50)35(40)25(2)3/h9-19,24-25,35H,6-8,20-23,40H2,1-5H3,(H3-,41,42,43,44,49,50)/p+1. The molecule has 0 radical (unpaired) electrons. The molecule has 0 spiro atoms. The molecule has 0 aliphatic carbocycles. The van der Waals surface area contributed by atoms with Crippen molar-refractivity contribution >= 4 is 51.5 Å². The largest absolute Gasteiger partial charge is 0.382 e. The molecule has 1 unspecified atom stereocenters. The second-order valence-corrected chi connectivity index (χ2v) is 14.1. The van der Waals surface area contributed by atoms with Gasteiger partial charge in [-0.15, -0.1) is 0 Å². The van der Waals surface area contributed by atoms with Crippen molar-refractivity contribution in [2.75, 3.05) is 31.7 Å². The van der Waals surface area contributed by atoms with E-state index in [1.54, 1.807) is 6.07 Å². The molecule has 3 aromatic carbocycles. The number of aryl methyl sites for hydroxylation is 1. The number of nitrogen functional groups attached to an aromatic ring is 1. The highest BCUT2D eigenvalue weighted by molar-refractivity contribution is 6.07. The summed E-state index contributed by atoms with van der Waals surface area (Å²) < 4.78 is 2.99. The molecule has 1 atom stereocenters. The van der Waals surface area contributed by atoms with E-state index in [2.05, 4.69) is 65.5 Å². The predicted octanol–water partition coefficient (Wildman–Crippen LogP) is 5.18. The maximum absolute atomic E-state index is 12.4. The molecule has 0 saturated heterocycles. The number of unbranched alkanes of at least 4 members (excludes halogenated alkanes) is 1. The highest BCUT2D eigenvalue weighted by Crippen LogP contribution is 2.31. The van der Waals surface area contributed by atoms with Gasteiger partial charge in [0.25, 0.3) is 0 Å². The fourth-order valence-electron chi connectivity index (χ4n) is 6.21. The molecule has 11 heteroatoms. The number of imidazole rings is 1. The second kappa shape index (κ2) is 15.6. The van der Waals surface area contributed by atoms with Gasteiger partial charge in [-0.1, -0.05) is 69.7 Å². The summed E-state index contributed by atoms with van der Waals surface area (Å²) in [4.78, 5) is 45.4. The lowest BCUT2D eigenvalue weighted by Crippen LogP contribution is -2.46. The minimum atomic E-state index is -0.645. The van der Waals surface area contributed by atoms with Crippen LogP contribution in [0.5, 0.6) is 0 Å². The molecule has 262 valence electrons. The monoisotopic (exact) mass is 677 g/mol. The lowest BCUT2D eigenvalue weighted by Gasteiger charge is -2.30.